The van der Waals surface area contributed by atoms with E-state index in [0.717, 1.165) is 16.8 Å². The van der Waals surface area contributed by atoms with Crippen LogP contribution in [0.3, 0.4) is 0 Å². The zero-order chi connectivity index (χ0) is 24.1. The third-order valence-electron chi connectivity index (χ3n) is 5.66. The van der Waals surface area contributed by atoms with Gasteiger partial charge in [0.05, 0.1) is 12.1 Å². The molecule has 3 amide bonds. The summed E-state index contributed by atoms with van der Waals surface area (Å²) in [7, 11) is 0. The molecule has 2 heterocycles. The molecule has 4 rings (SSSR count). The summed E-state index contributed by atoms with van der Waals surface area (Å²) >= 11 is 0. The Hall–Kier alpha value is -4.27. The number of nitrogens with zero attached hydrogens (tertiary/aromatic N) is 4. The van der Waals surface area contributed by atoms with Crippen LogP contribution in [0, 0.1) is 0 Å². The molecule has 1 aliphatic rings. The Balaban J connectivity index is 1.45. The Morgan fingerprint density at radius 2 is 1.68 bits per heavy atom. The molecule has 0 unspecified atom stereocenters. The van der Waals surface area contributed by atoms with Gasteiger partial charge in [-0.2, -0.15) is 0 Å². The maximum absolute atomic E-state index is 12.9. The van der Waals surface area contributed by atoms with E-state index in [9.17, 15) is 14.4 Å². The molecule has 0 atom stereocenters. The molecule has 0 bridgehead atoms. The smallest absolute Gasteiger partial charge is 0.254 e. The van der Waals surface area contributed by atoms with Gasteiger partial charge < -0.3 is 20.9 Å². The number of aromatic nitrogens is 2. The van der Waals surface area contributed by atoms with E-state index in [-0.39, 0.29) is 24.1 Å². The van der Waals surface area contributed by atoms with Crippen molar-refractivity contribution in [1.29, 1.82) is 0 Å². The normalized spacial score (nSPS) is 13.4. The highest BCUT2D eigenvalue weighted by Gasteiger charge is 2.23. The van der Waals surface area contributed by atoms with Crippen LogP contribution in [0.1, 0.15) is 22.8 Å². The van der Waals surface area contributed by atoms with Crippen LogP contribution in [0.25, 0.3) is 11.3 Å². The van der Waals surface area contributed by atoms with Crippen LogP contribution in [0.5, 0.6) is 0 Å². The van der Waals surface area contributed by atoms with E-state index in [1.165, 1.54) is 0 Å². The summed E-state index contributed by atoms with van der Waals surface area (Å²) in [5, 5.41) is 3.16. The van der Waals surface area contributed by atoms with Gasteiger partial charge in [0.1, 0.15) is 0 Å². The number of hydrogen-bond acceptors (Lipinski definition) is 6. The Kier molecular flexibility index (Phi) is 6.82. The highest BCUT2D eigenvalue weighted by atomic mass is 16.2. The molecule has 3 aromatic rings. The highest BCUT2D eigenvalue weighted by molar-refractivity contribution is 5.95. The summed E-state index contributed by atoms with van der Waals surface area (Å²) in [6.45, 7) is 3.66. The molecule has 0 saturated carbocycles. The van der Waals surface area contributed by atoms with Gasteiger partial charge in [-0.15, -0.1) is 0 Å². The first kappa shape index (κ1) is 22.9. The van der Waals surface area contributed by atoms with Gasteiger partial charge in [0.25, 0.3) is 5.91 Å². The predicted octanol–water partition coefficient (Wildman–Crippen LogP) is 2.22. The molecule has 34 heavy (non-hydrogen) atoms. The van der Waals surface area contributed by atoms with E-state index in [0.29, 0.717) is 43.4 Å². The fourth-order valence-electron chi connectivity index (χ4n) is 3.84. The summed E-state index contributed by atoms with van der Waals surface area (Å²) in [5.41, 5.74) is 8.95. The van der Waals surface area contributed by atoms with Gasteiger partial charge in [0.2, 0.25) is 17.8 Å². The van der Waals surface area contributed by atoms with Crippen molar-refractivity contribution in [2.45, 2.75) is 13.3 Å². The number of anilines is 2. The van der Waals surface area contributed by atoms with Crippen molar-refractivity contribution < 1.29 is 14.4 Å². The van der Waals surface area contributed by atoms with Crippen molar-refractivity contribution in [1.82, 2.24) is 19.8 Å². The Morgan fingerprint density at radius 1 is 0.971 bits per heavy atom. The van der Waals surface area contributed by atoms with Gasteiger partial charge >= 0.3 is 0 Å². The maximum atomic E-state index is 12.9. The number of primary amides is 1. The van der Waals surface area contributed by atoms with Crippen molar-refractivity contribution in [2.75, 3.05) is 31.5 Å². The predicted molar refractivity (Wildman–Crippen MR) is 128 cm³/mol. The molecule has 0 aliphatic carbocycles. The van der Waals surface area contributed by atoms with Crippen LogP contribution in [-0.4, -0.2) is 63.7 Å². The van der Waals surface area contributed by atoms with Gasteiger partial charge in [-0.3, -0.25) is 14.4 Å². The third kappa shape index (κ3) is 5.55. The molecule has 174 valence electrons. The lowest BCUT2D eigenvalue weighted by atomic mass is 10.1. The zero-order valence-corrected chi connectivity index (χ0v) is 18.9. The van der Waals surface area contributed by atoms with E-state index in [2.05, 4.69) is 15.3 Å². The molecule has 9 heteroatoms. The van der Waals surface area contributed by atoms with Gasteiger partial charge in [0, 0.05) is 56.1 Å². The van der Waals surface area contributed by atoms with E-state index in [1.807, 2.05) is 36.4 Å². The molecule has 1 aliphatic heterocycles. The first-order chi connectivity index (χ1) is 16.4. The van der Waals surface area contributed by atoms with E-state index < -0.39 is 0 Å². The number of hydrogen-bond donors (Lipinski definition) is 2. The SMILES string of the molecule is CC(=O)N1CCN(C(=O)c2cccc(Nc3nccc(-c4ccc(CC(N)=O)cc4)n3)c2)CC1. The third-order valence-corrected chi connectivity index (χ3v) is 5.66. The second kappa shape index (κ2) is 10.1. The number of benzene rings is 2. The molecule has 2 aromatic carbocycles. The Morgan fingerprint density at radius 3 is 2.35 bits per heavy atom. The van der Waals surface area contributed by atoms with E-state index >= 15 is 0 Å². The molecule has 1 saturated heterocycles. The van der Waals surface area contributed by atoms with Gasteiger partial charge in [-0.05, 0) is 29.8 Å². The average molecular weight is 459 g/mol. The number of nitrogens with one attached hydrogen (secondary N) is 1. The molecule has 9 nitrogen and oxygen atoms in total. The summed E-state index contributed by atoms with van der Waals surface area (Å²) in [4.78, 5) is 47.9. The minimum atomic E-state index is -0.375. The van der Waals surface area contributed by atoms with Crippen molar-refractivity contribution >= 4 is 29.4 Å². The number of nitrogens with two attached hydrogens (primary N) is 1. The molecular formula is C25H26N6O3. The fraction of sp³-hybridized carbons (Fsp3) is 0.240. The Bertz CT molecular complexity index is 1200. The summed E-state index contributed by atoms with van der Waals surface area (Å²) in [6, 6.07) is 16.5. The number of piperazine rings is 1. The first-order valence-corrected chi connectivity index (χ1v) is 11.0. The van der Waals surface area contributed by atoms with Crippen molar-refractivity contribution in [3.63, 3.8) is 0 Å². The standard InChI is InChI=1S/C25H26N6O3/c1-17(32)30-11-13-31(14-12-30)24(34)20-3-2-4-21(16-20)28-25-27-10-9-22(29-25)19-7-5-18(6-8-19)15-23(26)33/h2-10,16H,11-15H2,1H3,(H2,26,33)(H,27,28,29). The Labute approximate surface area is 197 Å². The number of carbonyl (C=O) groups excluding carboxylic acids is 3. The molecule has 0 spiro atoms. The number of rotatable bonds is 6. The van der Waals surface area contributed by atoms with Crippen LogP contribution in [0.15, 0.2) is 60.8 Å². The molecule has 0 radical (unpaired) electrons. The van der Waals surface area contributed by atoms with Crippen LogP contribution in [-0.2, 0) is 16.0 Å². The molecule has 1 fully saturated rings. The lowest BCUT2D eigenvalue weighted by molar-refractivity contribution is -0.130. The molecule has 1 aromatic heterocycles. The van der Waals surface area contributed by atoms with Crippen LogP contribution in [0.4, 0.5) is 11.6 Å². The summed E-state index contributed by atoms with van der Waals surface area (Å²) in [6.07, 6.45) is 1.85. The van der Waals surface area contributed by atoms with Crippen molar-refractivity contribution in [2.24, 2.45) is 5.73 Å². The van der Waals surface area contributed by atoms with Gasteiger partial charge in [0.15, 0.2) is 0 Å². The van der Waals surface area contributed by atoms with Crippen LogP contribution in [0.2, 0.25) is 0 Å². The quantitative estimate of drug-likeness (QED) is 0.584. The van der Waals surface area contributed by atoms with E-state index in [1.54, 1.807) is 41.1 Å². The second-order valence-corrected chi connectivity index (χ2v) is 8.11. The lowest BCUT2D eigenvalue weighted by Gasteiger charge is -2.34. The topological polar surface area (TPSA) is 122 Å². The second-order valence-electron chi connectivity index (χ2n) is 8.11. The largest absolute Gasteiger partial charge is 0.369 e. The number of amides is 3. The summed E-state index contributed by atoms with van der Waals surface area (Å²) in [5.74, 6) is -0.0154. The first-order valence-electron chi connectivity index (χ1n) is 11.0. The minimum Gasteiger partial charge on any atom is -0.369 e. The van der Waals surface area contributed by atoms with Crippen molar-refractivity contribution in [3.05, 3.63) is 71.9 Å². The monoisotopic (exact) mass is 458 g/mol. The average Bonchev–Trinajstić information content (AvgIpc) is 2.84. The minimum absolute atomic E-state index is 0.0298. The molecule has 3 N–H and O–H groups in total. The number of carbonyl (C=O) groups is 3. The lowest BCUT2D eigenvalue weighted by Crippen LogP contribution is -2.50. The van der Waals surface area contributed by atoms with Gasteiger partial charge in [-0.1, -0.05) is 30.3 Å². The van der Waals surface area contributed by atoms with Gasteiger partial charge in [-0.25, -0.2) is 9.97 Å². The van der Waals surface area contributed by atoms with Crippen LogP contribution < -0.4 is 11.1 Å². The fourth-order valence-corrected chi connectivity index (χ4v) is 3.84. The molecular weight excluding hydrogens is 432 g/mol. The maximum Gasteiger partial charge on any atom is 0.254 e. The van der Waals surface area contributed by atoms with Crippen LogP contribution >= 0.6 is 0 Å². The van der Waals surface area contributed by atoms with E-state index in [4.69, 9.17) is 5.73 Å². The summed E-state index contributed by atoms with van der Waals surface area (Å²) < 4.78 is 0. The highest BCUT2D eigenvalue weighted by Crippen LogP contribution is 2.21. The zero-order valence-electron chi connectivity index (χ0n) is 18.9. The van der Waals surface area contributed by atoms with Crippen molar-refractivity contribution in [3.8, 4) is 11.3 Å².